The highest BCUT2D eigenvalue weighted by Gasteiger charge is 2.30. The molecule has 0 amide bonds. The van der Waals surface area contributed by atoms with Crippen LogP contribution in [0.1, 0.15) is 22.3 Å². The lowest BCUT2D eigenvalue weighted by atomic mass is 9.95. The van der Waals surface area contributed by atoms with Crippen molar-refractivity contribution in [2.24, 2.45) is 0 Å². The van der Waals surface area contributed by atoms with Crippen molar-refractivity contribution in [1.29, 1.82) is 0 Å². The Bertz CT molecular complexity index is 2070. The Balaban J connectivity index is 1.42. The second-order valence-electron chi connectivity index (χ2n) is 9.66. The third-order valence-corrected chi connectivity index (χ3v) is 7.98. The number of imidazole rings is 1. The van der Waals surface area contributed by atoms with E-state index in [9.17, 15) is 0 Å². The van der Waals surface area contributed by atoms with E-state index in [1.165, 1.54) is 50.0 Å². The van der Waals surface area contributed by atoms with Gasteiger partial charge in [-0.05, 0) is 75.2 Å². The molecule has 0 spiro atoms. The minimum atomic E-state index is 0.919. The smallest absolute Gasteiger partial charge is 0.147 e. The fourth-order valence-corrected chi connectivity index (χ4v) is 6.56. The molecule has 162 valence electrons. The zero-order valence-corrected chi connectivity index (χ0v) is 18.8. The number of benzene rings is 3. The van der Waals surface area contributed by atoms with Gasteiger partial charge in [0.05, 0.1) is 11.0 Å². The normalized spacial score (nSPS) is 13.5. The molecule has 4 heterocycles. The lowest BCUT2D eigenvalue weighted by Gasteiger charge is -2.10. The predicted molar refractivity (Wildman–Crippen MR) is 140 cm³/mol. The topological polar surface area (TPSA) is 43.1 Å². The van der Waals surface area contributed by atoms with Crippen LogP contribution in [0.25, 0.3) is 60.7 Å². The summed E-state index contributed by atoms with van der Waals surface area (Å²) in [7, 11) is 0. The third-order valence-electron chi connectivity index (χ3n) is 7.98. The maximum atomic E-state index is 5.13. The number of aromatic nitrogens is 4. The average molecular weight is 447 g/mol. The summed E-state index contributed by atoms with van der Waals surface area (Å²) in [6.07, 6.45) is 7.58. The number of rotatable bonds is 0. The summed E-state index contributed by atoms with van der Waals surface area (Å²) < 4.78 is 2.28. The largest absolute Gasteiger partial charge is 0.275 e. The van der Waals surface area contributed by atoms with E-state index in [1.807, 2.05) is 24.7 Å². The lowest BCUT2D eigenvalue weighted by molar-refractivity contribution is 1.20. The Kier molecular flexibility index (Phi) is 3.11. The molecule has 0 unspecified atom stereocenters. The summed E-state index contributed by atoms with van der Waals surface area (Å²) >= 11 is 0. The zero-order valence-electron chi connectivity index (χ0n) is 18.8. The molecule has 3 aromatic carbocycles. The van der Waals surface area contributed by atoms with Gasteiger partial charge in [0, 0.05) is 41.2 Å². The van der Waals surface area contributed by atoms with Crippen molar-refractivity contribution in [2.75, 3.05) is 0 Å². The Labute approximate surface area is 200 Å². The highest BCUT2D eigenvalue weighted by Crippen LogP contribution is 2.49. The van der Waals surface area contributed by atoms with Crippen LogP contribution in [0.5, 0.6) is 0 Å². The van der Waals surface area contributed by atoms with E-state index >= 15 is 0 Å². The van der Waals surface area contributed by atoms with Crippen molar-refractivity contribution in [1.82, 2.24) is 19.4 Å². The van der Waals surface area contributed by atoms with Crippen molar-refractivity contribution in [2.45, 2.75) is 12.8 Å². The summed E-state index contributed by atoms with van der Waals surface area (Å²) in [5.74, 6) is 0. The molecule has 0 bridgehead atoms. The van der Waals surface area contributed by atoms with Gasteiger partial charge in [0.1, 0.15) is 11.3 Å². The van der Waals surface area contributed by atoms with E-state index in [-0.39, 0.29) is 0 Å². The van der Waals surface area contributed by atoms with Crippen LogP contribution in [0.3, 0.4) is 0 Å². The summed E-state index contributed by atoms with van der Waals surface area (Å²) in [5, 5.41) is 3.30. The molecular formula is C31H18N4. The monoisotopic (exact) mass is 446 g/mol. The number of hydrogen-bond acceptors (Lipinski definition) is 3. The molecule has 2 aliphatic carbocycles. The minimum absolute atomic E-state index is 0.919. The van der Waals surface area contributed by atoms with Gasteiger partial charge in [-0.2, -0.15) is 0 Å². The van der Waals surface area contributed by atoms with E-state index in [4.69, 9.17) is 9.97 Å². The second kappa shape index (κ2) is 6.10. The summed E-state index contributed by atoms with van der Waals surface area (Å²) in [6, 6.07) is 24.2. The first-order valence-corrected chi connectivity index (χ1v) is 12.0. The van der Waals surface area contributed by atoms with Crippen LogP contribution >= 0.6 is 0 Å². The number of fused-ring (bicyclic) bond motifs is 16. The first kappa shape index (κ1) is 17.8. The number of nitrogens with zero attached hydrogens (tertiary/aromatic N) is 4. The number of pyridine rings is 3. The zero-order chi connectivity index (χ0) is 22.7. The van der Waals surface area contributed by atoms with Gasteiger partial charge in [0.15, 0.2) is 0 Å². The minimum Gasteiger partial charge on any atom is -0.275 e. The molecular weight excluding hydrogens is 428 g/mol. The molecule has 0 radical (unpaired) electrons. The lowest BCUT2D eigenvalue weighted by Crippen LogP contribution is -1.96. The van der Waals surface area contributed by atoms with Crippen molar-refractivity contribution in [3.05, 3.63) is 108 Å². The molecule has 0 N–H and O–H groups in total. The van der Waals surface area contributed by atoms with Crippen molar-refractivity contribution in [3.63, 3.8) is 0 Å². The molecule has 0 saturated heterocycles. The molecule has 0 saturated carbocycles. The van der Waals surface area contributed by atoms with Crippen LogP contribution in [0.4, 0.5) is 0 Å². The van der Waals surface area contributed by atoms with Gasteiger partial charge in [-0.1, -0.05) is 42.5 Å². The van der Waals surface area contributed by atoms with Gasteiger partial charge in [0.2, 0.25) is 0 Å². The summed E-state index contributed by atoms with van der Waals surface area (Å²) in [6.45, 7) is 0. The average Bonchev–Trinajstić information content (AvgIpc) is 3.59. The van der Waals surface area contributed by atoms with Crippen LogP contribution < -0.4 is 0 Å². The van der Waals surface area contributed by atoms with Gasteiger partial charge in [-0.3, -0.25) is 9.38 Å². The molecule has 0 aliphatic heterocycles. The van der Waals surface area contributed by atoms with Crippen LogP contribution in [-0.2, 0) is 12.8 Å². The molecule has 2 aliphatic rings. The van der Waals surface area contributed by atoms with Gasteiger partial charge >= 0.3 is 0 Å². The van der Waals surface area contributed by atoms with E-state index in [0.29, 0.717) is 0 Å². The van der Waals surface area contributed by atoms with E-state index in [0.717, 1.165) is 45.8 Å². The first-order chi connectivity index (χ1) is 17.4. The Hall–Kier alpha value is -4.57. The number of hydrogen-bond donors (Lipinski definition) is 0. The molecule has 9 rings (SSSR count). The molecule has 0 fully saturated rings. The van der Waals surface area contributed by atoms with Crippen LogP contribution in [0, 0.1) is 0 Å². The Morgan fingerprint density at radius 3 is 2.51 bits per heavy atom. The predicted octanol–water partition coefficient (Wildman–Crippen LogP) is 6.73. The molecule has 4 aromatic heterocycles. The highest BCUT2D eigenvalue weighted by molar-refractivity contribution is 6.13. The van der Waals surface area contributed by atoms with E-state index < -0.39 is 0 Å². The highest BCUT2D eigenvalue weighted by atomic mass is 15.1. The standard InChI is InChI=1S/C31H18N4/c1-2-5-19-17(4-1)14-24-20(19)8-7-18-15-25-21(28(18)24)9-10-27-29(25)35-30-22(6-3-12-33-30)26-16-32-13-11-23(26)31(35)34-27/h1-13,16H,14-15H2. The van der Waals surface area contributed by atoms with Gasteiger partial charge < -0.3 is 0 Å². The first-order valence-electron chi connectivity index (χ1n) is 12.0. The molecule has 7 aromatic rings. The van der Waals surface area contributed by atoms with Gasteiger partial charge in [-0.25, -0.2) is 9.97 Å². The fraction of sp³-hybridized carbons (Fsp3) is 0.0645. The Morgan fingerprint density at radius 1 is 0.629 bits per heavy atom. The van der Waals surface area contributed by atoms with E-state index in [2.05, 4.69) is 70.0 Å². The maximum Gasteiger partial charge on any atom is 0.147 e. The fourth-order valence-electron chi connectivity index (χ4n) is 6.56. The molecule has 0 atom stereocenters. The Morgan fingerprint density at radius 2 is 1.51 bits per heavy atom. The third kappa shape index (κ3) is 2.11. The van der Waals surface area contributed by atoms with Crippen molar-refractivity contribution in [3.8, 4) is 22.3 Å². The van der Waals surface area contributed by atoms with Crippen molar-refractivity contribution >= 4 is 38.5 Å². The summed E-state index contributed by atoms with van der Waals surface area (Å²) in [4.78, 5) is 14.4. The van der Waals surface area contributed by atoms with Crippen molar-refractivity contribution < 1.29 is 0 Å². The second-order valence-corrected chi connectivity index (χ2v) is 9.66. The maximum absolute atomic E-state index is 5.13. The SMILES string of the molecule is c1ccc2c(c1)Cc1c-2ccc2c1-c1ccc3nc4c5ccncc5c5cccnc5n4c3c1C2. The van der Waals surface area contributed by atoms with E-state index in [1.54, 1.807) is 0 Å². The quantitative estimate of drug-likeness (QED) is 0.243. The van der Waals surface area contributed by atoms with Crippen LogP contribution in [-0.4, -0.2) is 19.4 Å². The van der Waals surface area contributed by atoms with Crippen LogP contribution in [0.2, 0.25) is 0 Å². The molecule has 4 nitrogen and oxygen atoms in total. The molecule has 4 heteroatoms. The van der Waals surface area contributed by atoms with Gasteiger partial charge in [0.25, 0.3) is 0 Å². The summed E-state index contributed by atoms with van der Waals surface area (Å²) in [5.41, 5.74) is 15.3. The van der Waals surface area contributed by atoms with Crippen LogP contribution in [0.15, 0.2) is 85.3 Å². The van der Waals surface area contributed by atoms with Gasteiger partial charge in [-0.15, -0.1) is 0 Å². The molecule has 35 heavy (non-hydrogen) atoms.